The van der Waals surface area contributed by atoms with Crippen LogP contribution in [0.5, 0.6) is 11.5 Å². The Morgan fingerprint density at radius 1 is 1.35 bits per heavy atom. The van der Waals surface area contributed by atoms with Gasteiger partial charge in [-0.15, -0.1) is 0 Å². The van der Waals surface area contributed by atoms with Crippen molar-refractivity contribution in [3.63, 3.8) is 0 Å². The first kappa shape index (κ1) is 17.4. The third-order valence-corrected chi connectivity index (χ3v) is 4.05. The van der Waals surface area contributed by atoms with Gasteiger partial charge in [-0.25, -0.2) is 0 Å². The van der Waals surface area contributed by atoms with Crippen LogP contribution in [0.25, 0.3) is 0 Å². The number of hydrogen-bond donors (Lipinski definition) is 2. The molecule has 1 aliphatic rings. The van der Waals surface area contributed by atoms with Gasteiger partial charge in [0.1, 0.15) is 5.54 Å². The van der Waals surface area contributed by atoms with Crippen LogP contribution in [-0.2, 0) is 6.42 Å². The van der Waals surface area contributed by atoms with Crippen molar-refractivity contribution in [3.05, 3.63) is 63.2 Å². The average molecular weight is 352 g/mol. The lowest BCUT2D eigenvalue weighted by Gasteiger charge is -2.19. The molecule has 0 radical (unpaired) electrons. The molecule has 1 heterocycles. The molecule has 0 aliphatic carbocycles. The molecule has 3 N–H and O–H groups in total. The quantitative estimate of drug-likeness (QED) is 0.482. The van der Waals surface area contributed by atoms with Gasteiger partial charge >= 0.3 is 0 Å². The summed E-state index contributed by atoms with van der Waals surface area (Å²) in [7, 11) is 0. The molecule has 3 rings (SSSR count). The summed E-state index contributed by atoms with van der Waals surface area (Å²) in [6.45, 7) is 1.69. The zero-order valence-corrected chi connectivity index (χ0v) is 14.0. The smallest absolute Gasteiger partial charge is 0.269 e. The maximum Gasteiger partial charge on any atom is 0.269 e. The van der Waals surface area contributed by atoms with E-state index in [1.807, 2.05) is 6.07 Å². The van der Waals surface area contributed by atoms with Gasteiger partial charge in [-0.3, -0.25) is 15.5 Å². The normalized spacial score (nSPS) is 14.3. The highest BCUT2D eigenvalue weighted by molar-refractivity contribution is 6.12. The van der Waals surface area contributed by atoms with Gasteiger partial charge in [-0.2, -0.15) is 5.26 Å². The first-order valence-corrected chi connectivity index (χ1v) is 7.77. The lowest BCUT2D eigenvalue weighted by atomic mass is 9.88. The number of nitrogens with two attached hydrogens (primary N) is 1. The monoisotopic (exact) mass is 352 g/mol. The average Bonchev–Trinajstić information content (AvgIpc) is 3.07. The van der Waals surface area contributed by atoms with Crippen LogP contribution in [0.3, 0.4) is 0 Å². The third-order valence-electron chi connectivity index (χ3n) is 4.05. The highest BCUT2D eigenvalue weighted by Gasteiger charge is 2.25. The molecule has 0 spiro atoms. The van der Waals surface area contributed by atoms with Crippen LogP contribution in [-0.4, -0.2) is 23.0 Å². The fraction of sp³-hybridized carbons (Fsp3) is 0.222. The molecule has 1 unspecified atom stereocenters. The molecule has 8 heteroatoms. The lowest BCUT2D eigenvalue weighted by Crippen LogP contribution is -2.37. The fourth-order valence-corrected chi connectivity index (χ4v) is 2.70. The molecule has 26 heavy (non-hydrogen) atoms. The van der Waals surface area contributed by atoms with Crippen molar-refractivity contribution >= 4 is 11.4 Å². The predicted molar refractivity (Wildman–Crippen MR) is 93.5 cm³/mol. The first-order valence-electron chi connectivity index (χ1n) is 7.77. The highest BCUT2D eigenvalue weighted by atomic mass is 16.7. The molecule has 2 aromatic rings. The zero-order valence-electron chi connectivity index (χ0n) is 14.0. The van der Waals surface area contributed by atoms with E-state index in [2.05, 4.69) is 0 Å². The minimum atomic E-state index is -1.11. The zero-order chi connectivity index (χ0) is 18.9. The van der Waals surface area contributed by atoms with Gasteiger partial charge in [0.25, 0.3) is 5.69 Å². The van der Waals surface area contributed by atoms with E-state index in [1.165, 1.54) is 24.3 Å². The summed E-state index contributed by atoms with van der Waals surface area (Å²) in [6.07, 6.45) is 0.213. The topological polar surface area (TPSA) is 135 Å². The largest absolute Gasteiger partial charge is 0.454 e. The molecule has 1 atom stereocenters. The molecular formula is C18H16N4O4. The summed E-state index contributed by atoms with van der Waals surface area (Å²) in [5.74, 6) is 1.04. The minimum absolute atomic E-state index is 0.0496. The Balaban J connectivity index is 2.03. The number of nitro benzene ring substituents is 1. The molecule has 2 aromatic carbocycles. The van der Waals surface area contributed by atoms with Crippen molar-refractivity contribution in [2.75, 3.05) is 6.79 Å². The first-order chi connectivity index (χ1) is 12.3. The van der Waals surface area contributed by atoms with Gasteiger partial charge in [0, 0.05) is 29.7 Å². The third kappa shape index (κ3) is 3.34. The van der Waals surface area contributed by atoms with Gasteiger partial charge in [-0.1, -0.05) is 0 Å². The van der Waals surface area contributed by atoms with E-state index in [9.17, 15) is 15.4 Å². The molecular weight excluding hydrogens is 336 g/mol. The van der Waals surface area contributed by atoms with Crippen LogP contribution < -0.4 is 15.2 Å². The van der Waals surface area contributed by atoms with E-state index in [0.717, 1.165) is 0 Å². The van der Waals surface area contributed by atoms with Gasteiger partial charge in [0.15, 0.2) is 11.5 Å². The Labute approximate surface area is 149 Å². The van der Waals surface area contributed by atoms with E-state index < -0.39 is 10.5 Å². The Morgan fingerprint density at radius 2 is 1.96 bits per heavy atom. The van der Waals surface area contributed by atoms with E-state index in [4.69, 9.17) is 20.6 Å². The van der Waals surface area contributed by atoms with Gasteiger partial charge in [-0.05, 0) is 36.8 Å². The van der Waals surface area contributed by atoms with Crippen molar-refractivity contribution in [2.24, 2.45) is 5.73 Å². The van der Waals surface area contributed by atoms with E-state index >= 15 is 0 Å². The maximum absolute atomic E-state index is 10.8. The second kappa shape index (κ2) is 6.46. The molecule has 1 aliphatic heterocycles. The van der Waals surface area contributed by atoms with Crippen molar-refractivity contribution < 1.29 is 14.4 Å². The number of nitrogens with zero attached hydrogens (tertiary/aromatic N) is 2. The number of non-ortho nitro benzene ring substituents is 1. The molecule has 0 saturated carbocycles. The fourth-order valence-electron chi connectivity index (χ4n) is 2.70. The lowest BCUT2D eigenvalue weighted by molar-refractivity contribution is -0.384. The van der Waals surface area contributed by atoms with Crippen molar-refractivity contribution in [2.45, 2.75) is 18.9 Å². The summed E-state index contributed by atoms with van der Waals surface area (Å²) < 4.78 is 10.8. The second-order valence-electron chi connectivity index (χ2n) is 6.25. The Morgan fingerprint density at radius 3 is 2.54 bits per heavy atom. The standard InChI is InChI=1S/C18H16N4O4/c1-18(21,9-19)8-12-6-15-16(26-10-25-15)7-14(12)17(20)11-2-4-13(5-3-11)22(23)24/h2-7,20H,8,10,21H2,1H3. The van der Waals surface area contributed by atoms with Crippen molar-refractivity contribution in [1.82, 2.24) is 0 Å². The van der Waals surface area contributed by atoms with Crippen molar-refractivity contribution in [1.29, 1.82) is 10.7 Å². The van der Waals surface area contributed by atoms with Crippen LogP contribution in [0.2, 0.25) is 0 Å². The second-order valence-corrected chi connectivity index (χ2v) is 6.25. The molecule has 0 fully saturated rings. The Kier molecular flexibility index (Phi) is 4.32. The number of rotatable bonds is 5. The SMILES string of the molecule is CC(N)(C#N)Cc1cc2c(cc1C(=N)c1ccc([N+](=O)[O-])cc1)OCO2. The molecule has 0 saturated heterocycles. The van der Waals surface area contributed by atoms with E-state index in [0.29, 0.717) is 28.2 Å². The predicted octanol–water partition coefficient (Wildman–Crippen LogP) is 2.52. The molecule has 0 aromatic heterocycles. The molecule has 0 amide bonds. The Bertz CT molecular complexity index is 929. The van der Waals surface area contributed by atoms with Crippen molar-refractivity contribution in [3.8, 4) is 17.6 Å². The number of nitrogens with one attached hydrogen (secondary N) is 1. The van der Waals surface area contributed by atoms with Gasteiger partial charge < -0.3 is 15.2 Å². The van der Waals surface area contributed by atoms with E-state index in [-0.39, 0.29) is 24.6 Å². The van der Waals surface area contributed by atoms with Crippen LogP contribution in [0.1, 0.15) is 23.6 Å². The molecule has 132 valence electrons. The van der Waals surface area contributed by atoms with Crippen LogP contribution in [0.15, 0.2) is 36.4 Å². The summed E-state index contributed by atoms with van der Waals surface area (Å²) in [4.78, 5) is 10.3. The molecule has 0 bridgehead atoms. The van der Waals surface area contributed by atoms with Gasteiger partial charge in [0.2, 0.25) is 6.79 Å². The number of nitro groups is 1. The van der Waals surface area contributed by atoms with Crippen LogP contribution in [0, 0.1) is 26.9 Å². The minimum Gasteiger partial charge on any atom is -0.454 e. The van der Waals surface area contributed by atoms with Gasteiger partial charge in [0.05, 0.1) is 16.7 Å². The summed E-state index contributed by atoms with van der Waals surface area (Å²) >= 11 is 0. The molecule has 8 nitrogen and oxygen atoms in total. The summed E-state index contributed by atoms with van der Waals surface area (Å²) in [5.41, 5.74) is 6.68. The van der Waals surface area contributed by atoms with Crippen LogP contribution in [0.4, 0.5) is 5.69 Å². The number of hydrogen-bond acceptors (Lipinski definition) is 7. The number of nitriles is 1. The highest BCUT2D eigenvalue weighted by Crippen LogP contribution is 2.36. The Hall–Kier alpha value is -3.44. The van der Waals surface area contributed by atoms with Crippen LogP contribution >= 0.6 is 0 Å². The number of benzene rings is 2. The maximum atomic E-state index is 10.8. The van der Waals surface area contributed by atoms with E-state index in [1.54, 1.807) is 19.1 Å². The number of fused-ring (bicyclic) bond motifs is 1. The summed E-state index contributed by atoms with van der Waals surface area (Å²) in [5, 5.41) is 28.6. The summed E-state index contributed by atoms with van der Waals surface area (Å²) in [6, 6.07) is 11.2. The number of ether oxygens (including phenoxy) is 2.